The van der Waals surface area contributed by atoms with E-state index in [2.05, 4.69) is 11.4 Å². The number of halogens is 1. The fourth-order valence-electron chi connectivity index (χ4n) is 1.80. The van der Waals surface area contributed by atoms with Crippen LogP contribution >= 0.6 is 11.6 Å². The molecule has 1 fully saturated rings. The largest absolute Gasteiger partial charge is 0.496 e. The van der Waals surface area contributed by atoms with Gasteiger partial charge in [-0.1, -0.05) is 11.6 Å². The maximum absolute atomic E-state index is 8.96. The fraction of sp³-hybridized carbons (Fsp3) is 0.462. The Labute approximate surface area is 106 Å². The Morgan fingerprint density at radius 1 is 1.53 bits per heavy atom. The van der Waals surface area contributed by atoms with Crippen molar-refractivity contribution >= 4 is 11.6 Å². The lowest BCUT2D eigenvalue weighted by molar-refractivity contribution is 0.406. The van der Waals surface area contributed by atoms with Gasteiger partial charge in [-0.15, -0.1) is 0 Å². The van der Waals surface area contributed by atoms with E-state index < -0.39 is 0 Å². The van der Waals surface area contributed by atoms with Gasteiger partial charge < -0.3 is 10.1 Å². The summed E-state index contributed by atoms with van der Waals surface area (Å²) in [5, 5.41) is 13.0. The lowest BCUT2D eigenvalue weighted by atomic mass is 10.1. The zero-order valence-corrected chi connectivity index (χ0v) is 10.5. The summed E-state index contributed by atoms with van der Waals surface area (Å²) in [6.45, 7) is 1.41. The average molecular weight is 251 g/mol. The van der Waals surface area contributed by atoms with Crippen LogP contribution in [0.5, 0.6) is 5.75 Å². The van der Waals surface area contributed by atoms with Crippen molar-refractivity contribution in [1.82, 2.24) is 5.32 Å². The van der Waals surface area contributed by atoms with Crippen molar-refractivity contribution in [3.63, 3.8) is 0 Å². The molecule has 0 saturated heterocycles. The Bertz CT molecular complexity index is 449. The van der Waals surface area contributed by atoms with Gasteiger partial charge in [-0.3, -0.25) is 0 Å². The van der Waals surface area contributed by atoms with Crippen molar-refractivity contribution in [3.05, 3.63) is 28.8 Å². The van der Waals surface area contributed by atoms with E-state index in [-0.39, 0.29) is 5.41 Å². The molecule has 1 aliphatic carbocycles. The van der Waals surface area contributed by atoms with Gasteiger partial charge in [-0.05, 0) is 31.0 Å². The average Bonchev–Trinajstić information content (AvgIpc) is 3.10. The normalized spacial score (nSPS) is 16.3. The first-order chi connectivity index (χ1) is 8.19. The first kappa shape index (κ1) is 12.2. The molecule has 0 radical (unpaired) electrons. The number of ether oxygens (including phenoxy) is 1. The van der Waals surface area contributed by atoms with E-state index in [1.807, 2.05) is 18.2 Å². The van der Waals surface area contributed by atoms with Crippen LogP contribution in [0.25, 0.3) is 0 Å². The molecule has 0 aromatic heterocycles. The number of benzene rings is 1. The molecule has 1 saturated carbocycles. The van der Waals surface area contributed by atoms with Gasteiger partial charge in [0.05, 0.1) is 18.6 Å². The molecule has 2 rings (SSSR count). The van der Waals surface area contributed by atoms with Gasteiger partial charge in [0.1, 0.15) is 5.75 Å². The predicted octanol–water partition coefficient (Wildman–Crippen LogP) is 2.74. The summed E-state index contributed by atoms with van der Waals surface area (Å²) < 4.78 is 5.26. The molecule has 1 aliphatic rings. The molecule has 0 spiro atoms. The highest BCUT2D eigenvalue weighted by Crippen LogP contribution is 2.44. The zero-order valence-electron chi connectivity index (χ0n) is 9.79. The SMILES string of the molecule is COc1ccc(Cl)cc1CNCC1(C#N)CC1. The summed E-state index contributed by atoms with van der Waals surface area (Å²) in [4.78, 5) is 0. The standard InChI is InChI=1S/C13H15ClN2O/c1-17-12-3-2-11(14)6-10(12)7-16-9-13(8-15)4-5-13/h2-3,6,16H,4-5,7,9H2,1H3. The molecule has 0 amide bonds. The third kappa shape index (κ3) is 2.91. The Hall–Kier alpha value is -1.24. The van der Waals surface area contributed by atoms with E-state index in [0.717, 1.165) is 30.7 Å². The fourth-order valence-corrected chi connectivity index (χ4v) is 2.00. The third-order valence-electron chi connectivity index (χ3n) is 3.11. The van der Waals surface area contributed by atoms with Crippen molar-refractivity contribution in [2.24, 2.45) is 5.41 Å². The minimum absolute atomic E-state index is 0.119. The van der Waals surface area contributed by atoms with Crippen LogP contribution in [0.3, 0.4) is 0 Å². The molecule has 0 aliphatic heterocycles. The van der Waals surface area contributed by atoms with Gasteiger partial charge in [-0.25, -0.2) is 0 Å². The van der Waals surface area contributed by atoms with Gasteiger partial charge >= 0.3 is 0 Å². The number of nitriles is 1. The third-order valence-corrected chi connectivity index (χ3v) is 3.35. The van der Waals surface area contributed by atoms with Gasteiger partial charge in [0.15, 0.2) is 0 Å². The molecule has 4 heteroatoms. The summed E-state index contributed by atoms with van der Waals surface area (Å²) in [6, 6.07) is 7.91. The molecule has 17 heavy (non-hydrogen) atoms. The van der Waals surface area contributed by atoms with E-state index in [9.17, 15) is 0 Å². The minimum Gasteiger partial charge on any atom is -0.496 e. The lowest BCUT2D eigenvalue weighted by Gasteiger charge is -2.11. The van der Waals surface area contributed by atoms with Crippen molar-refractivity contribution in [1.29, 1.82) is 5.26 Å². The van der Waals surface area contributed by atoms with Crippen LogP contribution in [0.1, 0.15) is 18.4 Å². The number of nitrogens with zero attached hydrogens (tertiary/aromatic N) is 1. The van der Waals surface area contributed by atoms with E-state index in [1.54, 1.807) is 7.11 Å². The first-order valence-corrected chi connectivity index (χ1v) is 6.01. The first-order valence-electron chi connectivity index (χ1n) is 5.63. The zero-order chi connectivity index (χ0) is 12.3. The van der Waals surface area contributed by atoms with Crippen molar-refractivity contribution < 1.29 is 4.74 Å². The van der Waals surface area contributed by atoms with Crippen LogP contribution in [-0.2, 0) is 6.54 Å². The summed E-state index contributed by atoms with van der Waals surface area (Å²) in [5.74, 6) is 0.823. The second kappa shape index (κ2) is 4.95. The van der Waals surface area contributed by atoms with E-state index in [0.29, 0.717) is 11.6 Å². The summed E-state index contributed by atoms with van der Waals surface area (Å²) in [7, 11) is 1.64. The highest BCUT2D eigenvalue weighted by molar-refractivity contribution is 6.30. The second-order valence-electron chi connectivity index (χ2n) is 4.45. The topological polar surface area (TPSA) is 45.0 Å². The molecular formula is C13H15ClN2O. The molecule has 3 nitrogen and oxygen atoms in total. The minimum atomic E-state index is -0.119. The van der Waals surface area contributed by atoms with Crippen LogP contribution in [0, 0.1) is 16.7 Å². The van der Waals surface area contributed by atoms with Crippen molar-refractivity contribution in [2.75, 3.05) is 13.7 Å². The maximum atomic E-state index is 8.96. The van der Waals surface area contributed by atoms with Crippen LogP contribution in [0.2, 0.25) is 5.02 Å². The quantitative estimate of drug-likeness (QED) is 0.874. The molecule has 0 unspecified atom stereocenters. The molecule has 0 heterocycles. The molecule has 1 aromatic carbocycles. The Morgan fingerprint density at radius 3 is 2.88 bits per heavy atom. The number of hydrogen-bond acceptors (Lipinski definition) is 3. The maximum Gasteiger partial charge on any atom is 0.123 e. The molecular weight excluding hydrogens is 236 g/mol. The molecule has 0 atom stereocenters. The number of rotatable bonds is 5. The summed E-state index contributed by atoms with van der Waals surface area (Å²) >= 11 is 5.95. The van der Waals surface area contributed by atoms with Crippen LogP contribution in [0.15, 0.2) is 18.2 Å². The molecule has 1 aromatic rings. The van der Waals surface area contributed by atoms with Crippen LogP contribution in [0.4, 0.5) is 0 Å². The summed E-state index contributed by atoms with van der Waals surface area (Å²) in [6.07, 6.45) is 2.01. The highest BCUT2D eigenvalue weighted by Gasteiger charge is 2.42. The van der Waals surface area contributed by atoms with Crippen molar-refractivity contribution in [2.45, 2.75) is 19.4 Å². The van der Waals surface area contributed by atoms with Gasteiger partial charge in [0.25, 0.3) is 0 Å². The molecule has 1 N–H and O–H groups in total. The number of nitrogens with one attached hydrogen (secondary N) is 1. The van der Waals surface area contributed by atoms with E-state index >= 15 is 0 Å². The van der Waals surface area contributed by atoms with Crippen LogP contribution in [-0.4, -0.2) is 13.7 Å². The van der Waals surface area contributed by atoms with Gasteiger partial charge in [-0.2, -0.15) is 5.26 Å². The predicted molar refractivity (Wildman–Crippen MR) is 67.0 cm³/mol. The smallest absolute Gasteiger partial charge is 0.123 e. The molecule has 0 bridgehead atoms. The Balaban J connectivity index is 1.94. The Kier molecular flexibility index (Phi) is 3.56. The monoisotopic (exact) mass is 250 g/mol. The second-order valence-corrected chi connectivity index (χ2v) is 4.89. The number of methoxy groups -OCH3 is 1. The lowest BCUT2D eigenvalue weighted by Crippen LogP contribution is -2.22. The van der Waals surface area contributed by atoms with Crippen molar-refractivity contribution in [3.8, 4) is 11.8 Å². The Morgan fingerprint density at radius 2 is 2.29 bits per heavy atom. The number of hydrogen-bond donors (Lipinski definition) is 1. The van der Waals surface area contributed by atoms with E-state index in [4.69, 9.17) is 21.6 Å². The van der Waals surface area contributed by atoms with Gasteiger partial charge in [0.2, 0.25) is 0 Å². The van der Waals surface area contributed by atoms with Gasteiger partial charge in [0, 0.05) is 23.7 Å². The highest BCUT2D eigenvalue weighted by atomic mass is 35.5. The summed E-state index contributed by atoms with van der Waals surface area (Å²) in [5.41, 5.74) is 0.903. The molecule has 90 valence electrons. The van der Waals surface area contributed by atoms with Crippen LogP contribution < -0.4 is 10.1 Å². The van der Waals surface area contributed by atoms with E-state index in [1.165, 1.54) is 0 Å².